The van der Waals surface area contributed by atoms with Crippen molar-refractivity contribution in [3.63, 3.8) is 0 Å². The Hall–Kier alpha value is -7.51. The van der Waals surface area contributed by atoms with E-state index in [1.807, 2.05) is 34.6 Å². The molecule has 85 heavy (non-hydrogen) atoms. The zero-order valence-corrected chi connectivity index (χ0v) is 48.5. The van der Waals surface area contributed by atoms with E-state index < -0.39 is 41.6 Å². The number of amides is 3. The van der Waals surface area contributed by atoms with E-state index >= 15 is 4.39 Å². The van der Waals surface area contributed by atoms with Gasteiger partial charge in [0.1, 0.15) is 52.4 Å². The van der Waals surface area contributed by atoms with E-state index in [0.29, 0.717) is 112 Å². The Morgan fingerprint density at radius 2 is 1.62 bits per heavy atom. The van der Waals surface area contributed by atoms with Crippen LogP contribution in [-0.4, -0.2) is 149 Å². The van der Waals surface area contributed by atoms with E-state index in [0.717, 1.165) is 44.2 Å². The van der Waals surface area contributed by atoms with E-state index in [4.69, 9.17) is 20.9 Å². The van der Waals surface area contributed by atoms with E-state index in [1.165, 1.54) is 48.7 Å². The Morgan fingerprint density at radius 1 is 0.918 bits per heavy atom. The van der Waals surface area contributed by atoms with Crippen LogP contribution in [0.15, 0.2) is 72.9 Å². The second kappa shape index (κ2) is 26.8. The number of ether oxygens (including phenoxy) is 2. The van der Waals surface area contributed by atoms with Crippen LogP contribution in [0, 0.1) is 46.4 Å². The fourth-order valence-electron chi connectivity index (χ4n) is 11.8. The van der Waals surface area contributed by atoms with Crippen LogP contribution in [0.4, 0.5) is 27.8 Å². The Morgan fingerprint density at radius 3 is 2.24 bits per heavy atom. The first-order chi connectivity index (χ1) is 40.7. The maximum absolute atomic E-state index is 16.9. The van der Waals surface area contributed by atoms with Gasteiger partial charge in [0.25, 0.3) is 0 Å². The maximum Gasteiger partial charge on any atom is 0.319 e. The number of anilines is 1. The van der Waals surface area contributed by atoms with E-state index in [9.17, 15) is 42.2 Å². The van der Waals surface area contributed by atoms with Gasteiger partial charge in [-0.1, -0.05) is 70.0 Å². The quantitative estimate of drug-likeness (QED) is 0.0331. The zero-order valence-electron chi connectivity index (χ0n) is 48.5. The Labute approximate surface area is 491 Å². The molecule has 7 unspecified atom stereocenters. The minimum atomic E-state index is -1.03. The summed E-state index contributed by atoms with van der Waals surface area (Å²) >= 11 is 0. The normalized spacial score (nSPS) is 21.4. The molecule has 4 aliphatic heterocycles. The SMILES string of the molecule is C#Cc1c(F)ccc2cc(O)cc(-c3ncc4c(N5CC6CCC(C5)N6)nc(OCC5(CN6CCC(OCCC)C(F)C6)CC5)nc4c3F)c12.CC(C)(C)C(NC=O)C(=O)N1CCC(O)C1.CC(NC=O)c1ccc(-c2c(F)cccc2F)cc1. The van der Waals surface area contributed by atoms with Gasteiger partial charge < -0.3 is 45.4 Å². The number of nitrogens with one attached hydrogen (secondary N) is 3. The highest BCUT2D eigenvalue weighted by Gasteiger charge is 2.47. The molecule has 1 saturated carbocycles. The number of phenols is 1. The Bertz CT molecular complexity index is 3380. The Kier molecular flexibility index (Phi) is 19.6. The predicted molar refractivity (Wildman–Crippen MR) is 314 cm³/mol. The number of hydrogen-bond acceptors (Lipinski definition) is 13. The number of hydrogen-bond donors (Lipinski definition) is 5. The van der Waals surface area contributed by atoms with Crippen molar-refractivity contribution in [3.05, 3.63) is 107 Å². The molecule has 452 valence electrons. The number of terminal acetylenes is 1. The number of benzene rings is 4. The lowest BCUT2D eigenvalue weighted by molar-refractivity contribution is -0.137. The lowest BCUT2D eigenvalue weighted by atomic mass is 9.86. The molecule has 21 heteroatoms. The number of aromatic nitrogens is 3. The fraction of sp³-hybridized carbons (Fsp3) is 0.469. The fourth-order valence-corrected chi connectivity index (χ4v) is 11.8. The molecule has 6 heterocycles. The number of pyridine rings is 1. The molecule has 6 aromatic rings. The third-order valence-electron chi connectivity index (χ3n) is 16.5. The molecule has 2 aromatic heterocycles. The number of piperidine rings is 1. The third kappa shape index (κ3) is 14.4. The van der Waals surface area contributed by atoms with Crippen molar-refractivity contribution in [3.8, 4) is 46.5 Å². The van der Waals surface area contributed by atoms with E-state index in [1.54, 1.807) is 29.2 Å². The van der Waals surface area contributed by atoms with Gasteiger partial charge in [-0.2, -0.15) is 9.97 Å². The van der Waals surface area contributed by atoms with Gasteiger partial charge in [0.15, 0.2) is 5.82 Å². The maximum atomic E-state index is 16.9. The van der Waals surface area contributed by atoms with Crippen molar-refractivity contribution in [2.24, 2.45) is 10.8 Å². The van der Waals surface area contributed by atoms with Gasteiger partial charge in [0.2, 0.25) is 18.7 Å². The third-order valence-corrected chi connectivity index (χ3v) is 16.5. The van der Waals surface area contributed by atoms with Crippen molar-refractivity contribution < 1.29 is 56.0 Å². The molecular weight excluding hydrogens is 1100 g/mol. The number of rotatable bonds is 17. The summed E-state index contributed by atoms with van der Waals surface area (Å²) in [6.07, 6.45) is 12.7. The van der Waals surface area contributed by atoms with Crippen LogP contribution in [0.25, 0.3) is 44.1 Å². The lowest BCUT2D eigenvalue weighted by Gasteiger charge is -2.36. The number of aliphatic hydroxyl groups excluding tert-OH is 1. The zero-order chi connectivity index (χ0) is 60.7. The molecule has 4 aromatic carbocycles. The molecule has 0 radical (unpaired) electrons. The molecule has 4 saturated heterocycles. The minimum Gasteiger partial charge on any atom is -0.508 e. The Balaban J connectivity index is 0.000000201. The number of fused-ring (bicyclic) bond motifs is 4. The highest BCUT2D eigenvalue weighted by atomic mass is 19.1. The summed E-state index contributed by atoms with van der Waals surface area (Å²) in [6, 6.07) is 16.0. The average Bonchev–Trinajstić information content (AvgIpc) is 3.89. The van der Waals surface area contributed by atoms with Crippen molar-refractivity contribution in [1.82, 2.24) is 40.7 Å². The molecule has 5 fully saturated rings. The van der Waals surface area contributed by atoms with E-state index in [2.05, 4.69) is 41.6 Å². The number of carbonyl (C=O) groups excluding carboxylic acids is 3. The van der Waals surface area contributed by atoms with Crippen LogP contribution in [-0.2, 0) is 19.1 Å². The number of aromatic hydroxyl groups is 1. The molecule has 11 rings (SSSR count). The van der Waals surface area contributed by atoms with Crippen LogP contribution in [0.3, 0.4) is 0 Å². The summed E-state index contributed by atoms with van der Waals surface area (Å²) in [4.78, 5) is 52.9. The standard InChI is InChI=1S/C38H41F3N6O3.C15H13F2NO.C11H20N2O3/c1-3-13-49-31-9-12-46(19-30(31)40)20-38(10-11-38)21-50-37-44-35-28(36(45-37)47-17-23-6-7-24(18-47)43-23)16-42-34(33(35)41)27-15-25(48)14-22-5-8-29(39)26(4-2)32(22)27;1-10(18-9-19)11-5-7-12(8-6-11)15-13(16)3-2-4-14(15)17;1-11(2,3)9(12-7-14)10(16)13-5-4-8(15)6-13/h2,5,8,14-16,23-24,30-31,43,48H,3,6-7,9-13,17-21H2,1H3;2-10H,1H3,(H,18,19);7-9,15H,4-6H2,1-3H3,(H,12,14). The summed E-state index contributed by atoms with van der Waals surface area (Å²) in [5.41, 5.74) is 0.802. The number of phenolic OH excluding ortho intramolecular Hbond substituents is 1. The van der Waals surface area contributed by atoms with Crippen LogP contribution in [0.5, 0.6) is 11.8 Å². The van der Waals surface area contributed by atoms with Gasteiger partial charge in [-0.25, -0.2) is 22.0 Å². The molecule has 5 aliphatic rings. The number of aliphatic hydroxyl groups is 1. The van der Waals surface area contributed by atoms with Crippen molar-refractivity contribution in [2.75, 3.05) is 63.9 Å². The highest BCUT2D eigenvalue weighted by molar-refractivity contribution is 6.03. The minimum absolute atomic E-state index is 0.00954. The molecule has 16 nitrogen and oxygen atoms in total. The predicted octanol–water partition coefficient (Wildman–Crippen LogP) is 8.93. The number of carbonyl (C=O) groups is 3. The summed E-state index contributed by atoms with van der Waals surface area (Å²) < 4.78 is 86.0. The molecule has 7 atom stereocenters. The topological polar surface area (TPSA) is 195 Å². The van der Waals surface area contributed by atoms with Crippen LogP contribution in [0.1, 0.15) is 96.7 Å². The second-order valence-electron chi connectivity index (χ2n) is 24.0. The van der Waals surface area contributed by atoms with Crippen molar-refractivity contribution in [1.29, 1.82) is 0 Å². The number of alkyl halides is 1. The van der Waals surface area contributed by atoms with Gasteiger partial charge in [-0.15, -0.1) is 6.42 Å². The monoisotopic (exact) mass is 1180 g/mol. The van der Waals surface area contributed by atoms with Crippen molar-refractivity contribution in [2.45, 2.75) is 122 Å². The molecule has 1 aliphatic carbocycles. The number of likely N-dealkylation sites (tertiary alicyclic amines) is 2. The summed E-state index contributed by atoms with van der Waals surface area (Å²) in [7, 11) is 0. The molecule has 5 N–H and O–H groups in total. The number of nitrogens with zero attached hydrogens (tertiary/aromatic N) is 6. The summed E-state index contributed by atoms with van der Waals surface area (Å²) in [6.45, 7) is 14.5. The average molecular weight is 1180 g/mol. The number of halogens is 5. The van der Waals surface area contributed by atoms with Gasteiger partial charge in [-0.3, -0.25) is 24.3 Å². The molecule has 2 bridgehead atoms. The largest absolute Gasteiger partial charge is 0.508 e. The van der Waals surface area contributed by atoms with Crippen molar-refractivity contribution >= 4 is 46.2 Å². The van der Waals surface area contributed by atoms with Gasteiger partial charge in [0, 0.05) is 87.1 Å². The first-order valence-electron chi connectivity index (χ1n) is 29.0. The summed E-state index contributed by atoms with van der Waals surface area (Å²) in [5, 5.41) is 29.9. The lowest BCUT2D eigenvalue weighted by Crippen LogP contribution is -2.52. The number of β-amino-alcohol motifs (C(OH)–C–C–N with tert-alkyl or cyclic N) is 1. The molecule has 3 amide bonds. The van der Waals surface area contributed by atoms with Gasteiger partial charge in [0.05, 0.1) is 41.4 Å². The van der Waals surface area contributed by atoms with Crippen LogP contribution < -0.4 is 25.6 Å². The van der Waals surface area contributed by atoms with E-state index in [-0.39, 0.29) is 73.9 Å². The molecule has 0 spiro atoms. The highest BCUT2D eigenvalue weighted by Crippen LogP contribution is 2.47. The number of piperazine rings is 1. The molecular formula is C64H74F5N9O7. The second-order valence-corrected chi connectivity index (χ2v) is 24.0. The van der Waals surface area contributed by atoms with Gasteiger partial charge in [-0.05, 0) is 104 Å². The van der Waals surface area contributed by atoms with Gasteiger partial charge >= 0.3 is 6.01 Å². The van der Waals surface area contributed by atoms with Crippen LogP contribution >= 0.6 is 0 Å². The smallest absolute Gasteiger partial charge is 0.319 e. The summed E-state index contributed by atoms with van der Waals surface area (Å²) in [5.74, 6) is 0.0991. The first kappa shape index (κ1) is 62.0. The van der Waals surface area contributed by atoms with Crippen LogP contribution in [0.2, 0.25) is 0 Å². The first-order valence-corrected chi connectivity index (χ1v) is 29.0.